The third-order valence-corrected chi connectivity index (χ3v) is 3.75. The highest BCUT2D eigenvalue weighted by atomic mass is 16.5. The number of rotatable bonds is 8. The predicted octanol–water partition coefficient (Wildman–Crippen LogP) is 3.38. The third kappa shape index (κ3) is 7.07. The van der Waals surface area contributed by atoms with Crippen molar-refractivity contribution in [3.8, 4) is 0 Å². The van der Waals surface area contributed by atoms with E-state index in [1.165, 1.54) is 5.56 Å². The minimum absolute atomic E-state index is 0.229. The van der Waals surface area contributed by atoms with Gasteiger partial charge in [-0.05, 0) is 37.5 Å². The molecule has 26 heavy (non-hydrogen) atoms. The molecule has 5 heteroatoms. The Balaban J connectivity index is 1.92. The number of aliphatic imine (C=N–C) groups is 1. The van der Waals surface area contributed by atoms with Crippen LogP contribution in [0.25, 0.3) is 0 Å². The average Bonchev–Trinajstić information content (AvgIpc) is 2.66. The SMILES string of the molecule is COCCOC(=NCCCc1ccccc1)NC(=O)c1cccc(C)c1. The molecule has 0 spiro atoms. The average molecular weight is 354 g/mol. The summed E-state index contributed by atoms with van der Waals surface area (Å²) in [6.07, 6.45) is 1.81. The molecule has 0 aliphatic rings. The smallest absolute Gasteiger partial charge is 0.291 e. The van der Waals surface area contributed by atoms with E-state index in [-0.39, 0.29) is 11.9 Å². The van der Waals surface area contributed by atoms with Gasteiger partial charge in [0.1, 0.15) is 6.61 Å². The zero-order chi connectivity index (χ0) is 18.6. The van der Waals surface area contributed by atoms with Gasteiger partial charge < -0.3 is 9.47 Å². The highest BCUT2D eigenvalue weighted by Crippen LogP contribution is 2.05. The molecule has 0 heterocycles. The van der Waals surface area contributed by atoms with E-state index in [4.69, 9.17) is 9.47 Å². The highest BCUT2D eigenvalue weighted by molar-refractivity contribution is 6.04. The number of amidine groups is 1. The molecular weight excluding hydrogens is 328 g/mol. The van der Waals surface area contributed by atoms with Crippen molar-refractivity contribution in [3.63, 3.8) is 0 Å². The van der Waals surface area contributed by atoms with Crippen LogP contribution in [0, 0.1) is 6.92 Å². The van der Waals surface area contributed by atoms with Gasteiger partial charge in [-0.15, -0.1) is 0 Å². The van der Waals surface area contributed by atoms with E-state index < -0.39 is 0 Å². The molecule has 0 radical (unpaired) electrons. The maximum absolute atomic E-state index is 12.4. The Morgan fingerprint density at radius 1 is 1.08 bits per heavy atom. The Morgan fingerprint density at radius 2 is 1.88 bits per heavy atom. The molecule has 2 rings (SSSR count). The molecule has 2 aromatic rings. The summed E-state index contributed by atoms with van der Waals surface area (Å²) in [6.45, 7) is 3.29. The molecule has 0 aromatic heterocycles. The number of hydrogen-bond acceptors (Lipinski definition) is 4. The van der Waals surface area contributed by atoms with Crippen molar-refractivity contribution in [2.24, 2.45) is 4.99 Å². The fraction of sp³-hybridized carbons (Fsp3) is 0.333. The molecule has 0 atom stereocenters. The zero-order valence-corrected chi connectivity index (χ0v) is 15.4. The lowest BCUT2D eigenvalue weighted by Crippen LogP contribution is -2.33. The molecule has 0 aliphatic heterocycles. The largest absolute Gasteiger partial charge is 0.463 e. The molecule has 2 aromatic carbocycles. The number of nitrogens with zero attached hydrogens (tertiary/aromatic N) is 1. The molecule has 0 saturated carbocycles. The first-order valence-corrected chi connectivity index (χ1v) is 8.77. The fourth-order valence-electron chi connectivity index (χ4n) is 2.41. The van der Waals surface area contributed by atoms with Gasteiger partial charge in [-0.25, -0.2) is 4.99 Å². The normalized spacial score (nSPS) is 11.2. The van der Waals surface area contributed by atoms with Gasteiger partial charge in [-0.2, -0.15) is 0 Å². The van der Waals surface area contributed by atoms with Crippen molar-refractivity contribution < 1.29 is 14.3 Å². The molecule has 0 bridgehead atoms. The van der Waals surface area contributed by atoms with E-state index in [1.54, 1.807) is 13.2 Å². The first-order valence-electron chi connectivity index (χ1n) is 8.77. The fourth-order valence-corrected chi connectivity index (χ4v) is 2.41. The van der Waals surface area contributed by atoms with Crippen LogP contribution in [0.1, 0.15) is 27.9 Å². The highest BCUT2D eigenvalue weighted by Gasteiger charge is 2.10. The molecular formula is C21H26N2O3. The molecule has 1 N–H and O–H groups in total. The number of carbonyl (C=O) groups excluding carboxylic acids is 1. The molecule has 1 amide bonds. The molecule has 5 nitrogen and oxygen atoms in total. The Hall–Kier alpha value is -2.66. The number of ether oxygens (including phenoxy) is 2. The summed E-state index contributed by atoms with van der Waals surface area (Å²) >= 11 is 0. The Labute approximate surface area is 155 Å². The quantitative estimate of drug-likeness (QED) is 0.449. The summed E-state index contributed by atoms with van der Waals surface area (Å²) in [5, 5.41) is 2.75. The first kappa shape index (κ1) is 19.7. The van der Waals surface area contributed by atoms with Crippen molar-refractivity contribution in [1.82, 2.24) is 5.32 Å². The summed E-state index contributed by atoms with van der Waals surface area (Å²) in [5.74, 6) is -0.229. The van der Waals surface area contributed by atoms with E-state index in [0.29, 0.717) is 25.3 Å². The number of amides is 1. The summed E-state index contributed by atoms with van der Waals surface area (Å²) < 4.78 is 10.5. The lowest BCUT2D eigenvalue weighted by Gasteiger charge is -2.11. The number of nitrogens with one attached hydrogen (secondary N) is 1. The van der Waals surface area contributed by atoms with E-state index in [2.05, 4.69) is 22.4 Å². The van der Waals surface area contributed by atoms with Crippen molar-refractivity contribution in [2.75, 3.05) is 26.9 Å². The minimum atomic E-state index is -0.229. The van der Waals surface area contributed by atoms with Crippen LogP contribution in [-0.4, -0.2) is 38.8 Å². The van der Waals surface area contributed by atoms with E-state index >= 15 is 0 Å². The van der Waals surface area contributed by atoms with E-state index in [1.807, 2.05) is 43.3 Å². The van der Waals surface area contributed by atoms with Crippen molar-refractivity contribution in [1.29, 1.82) is 0 Å². The lowest BCUT2D eigenvalue weighted by molar-refractivity contribution is 0.0954. The standard InChI is InChI=1S/C21H26N2O3/c1-17-8-6-12-19(16-17)20(24)23-21(26-15-14-25-2)22-13-7-11-18-9-4-3-5-10-18/h3-6,8-10,12,16H,7,11,13-15H2,1-2H3,(H,22,23,24). The summed E-state index contributed by atoms with van der Waals surface area (Å²) in [7, 11) is 1.60. The van der Waals surface area contributed by atoms with Gasteiger partial charge in [0.25, 0.3) is 11.9 Å². The zero-order valence-electron chi connectivity index (χ0n) is 15.4. The second kappa shape index (κ2) is 11.1. The number of benzene rings is 2. The van der Waals surface area contributed by atoms with Crippen LogP contribution in [-0.2, 0) is 15.9 Å². The topological polar surface area (TPSA) is 59.9 Å². The predicted molar refractivity (Wildman–Crippen MR) is 104 cm³/mol. The van der Waals surface area contributed by atoms with Crippen molar-refractivity contribution in [3.05, 3.63) is 71.3 Å². The second-order valence-electron chi connectivity index (χ2n) is 5.94. The van der Waals surface area contributed by atoms with Gasteiger partial charge >= 0.3 is 0 Å². The molecule has 138 valence electrons. The first-order chi connectivity index (χ1) is 12.7. The monoisotopic (exact) mass is 354 g/mol. The van der Waals surface area contributed by atoms with Gasteiger partial charge in [0.15, 0.2) is 0 Å². The maximum Gasteiger partial charge on any atom is 0.291 e. The van der Waals surface area contributed by atoms with Gasteiger partial charge in [0, 0.05) is 19.2 Å². The van der Waals surface area contributed by atoms with Crippen LogP contribution < -0.4 is 5.32 Å². The van der Waals surface area contributed by atoms with Crippen LogP contribution >= 0.6 is 0 Å². The van der Waals surface area contributed by atoms with Crippen molar-refractivity contribution in [2.45, 2.75) is 19.8 Å². The van der Waals surface area contributed by atoms with Crippen LogP contribution in [0.15, 0.2) is 59.6 Å². The minimum Gasteiger partial charge on any atom is -0.463 e. The number of methoxy groups -OCH3 is 1. The Kier molecular flexibility index (Phi) is 8.36. The van der Waals surface area contributed by atoms with Gasteiger partial charge in [-0.1, -0.05) is 48.0 Å². The van der Waals surface area contributed by atoms with Crippen LogP contribution in [0.3, 0.4) is 0 Å². The van der Waals surface area contributed by atoms with Gasteiger partial charge in [0.05, 0.1) is 6.61 Å². The van der Waals surface area contributed by atoms with Crippen molar-refractivity contribution >= 4 is 11.9 Å². The lowest BCUT2D eigenvalue weighted by atomic mass is 10.1. The van der Waals surface area contributed by atoms with E-state index in [9.17, 15) is 4.79 Å². The number of carbonyl (C=O) groups is 1. The Bertz CT molecular complexity index is 714. The van der Waals surface area contributed by atoms with Crippen LogP contribution in [0.4, 0.5) is 0 Å². The number of aryl methyl sites for hydroxylation is 2. The van der Waals surface area contributed by atoms with Gasteiger partial charge in [0.2, 0.25) is 0 Å². The van der Waals surface area contributed by atoms with Gasteiger partial charge in [-0.3, -0.25) is 10.1 Å². The molecule has 0 saturated heterocycles. The van der Waals surface area contributed by atoms with Crippen LogP contribution in [0.5, 0.6) is 0 Å². The van der Waals surface area contributed by atoms with Crippen LogP contribution in [0.2, 0.25) is 0 Å². The molecule has 0 fully saturated rings. The number of hydrogen-bond donors (Lipinski definition) is 1. The second-order valence-corrected chi connectivity index (χ2v) is 5.94. The summed E-state index contributed by atoms with van der Waals surface area (Å²) in [6, 6.07) is 17.9. The molecule has 0 aliphatic carbocycles. The molecule has 0 unspecified atom stereocenters. The maximum atomic E-state index is 12.4. The van der Waals surface area contributed by atoms with E-state index in [0.717, 1.165) is 18.4 Å². The third-order valence-electron chi connectivity index (χ3n) is 3.75. The summed E-state index contributed by atoms with van der Waals surface area (Å²) in [5.41, 5.74) is 2.88. The summed E-state index contributed by atoms with van der Waals surface area (Å²) in [4.78, 5) is 16.8. The Morgan fingerprint density at radius 3 is 2.62 bits per heavy atom.